The van der Waals surface area contributed by atoms with E-state index in [-0.39, 0.29) is 18.0 Å². The van der Waals surface area contributed by atoms with Gasteiger partial charge < -0.3 is 4.90 Å². The molecule has 0 N–H and O–H groups in total. The molecule has 0 unspecified atom stereocenters. The van der Waals surface area contributed by atoms with Crippen LogP contribution in [0.25, 0.3) is 0 Å². The Morgan fingerprint density at radius 2 is 2.00 bits per heavy atom. The Bertz CT molecular complexity index is 379. The molecule has 0 aromatic heterocycles. The van der Waals surface area contributed by atoms with Gasteiger partial charge >= 0.3 is 0 Å². The van der Waals surface area contributed by atoms with E-state index >= 15 is 0 Å². The largest absolute Gasteiger partial charge is 0.330 e. The third kappa shape index (κ3) is 2.08. The first-order chi connectivity index (χ1) is 7.61. The molecule has 0 saturated heterocycles. The molecule has 0 spiro atoms. The summed E-state index contributed by atoms with van der Waals surface area (Å²) in [7, 11) is 0. The van der Waals surface area contributed by atoms with Gasteiger partial charge in [0.25, 0.3) is 0 Å². The fraction of sp³-hybridized carbons (Fsp3) is 0.462. The van der Waals surface area contributed by atoms with Gasteiger partial charge in [0.15, 0.2) is 0 Å². The van der Waals surface area contributed by atoms with Gasteiger partial charge in [0.1, 0.15) is 6.17 Å². The SMILES string of the molecule is CC(=O)N([C@H](C)c1ccccc1)[C@@H]1C[C@@H]1F. The zero-order chi connectivity index (χ0) is 11.7. The molecule has 3 heteroatoms. The second kappa shape index (κ2) is 4.24. The smallest absolute Gasteiger partial charge is 0.220 e. The van der Waals surface area contributed by atoms with Gasteiger partial charge in [0.2, 0.25) is 5.91 Å². The third-order valence-corrected chi connectivity index (χ3v) is 3.10. The van der Waals surface area contributed by atoms with Gasteiger partial charge in [0.05, 0.1) is 12.1 Å². The number of alkyl halides is 1. The van der Waals surface area contributed by atoms with E-state index in [0.717, 1.165) is 5.56 Å². The highest BCUT2D eigenvalue weighted by Crippen LogP contribution is 2.36. The van der Waals surface area contributed by atoms with Gasteiger partial charge in [0, 0.05) is 13.3 Å². The molecule has 0 heterocycles. The Balaban J connectivity index is 2.18. The molecule has 1 amide bonds. The van der Waals surface area contributed by atoms with Crippen molar-refractivity contribution in [1.29, 1.82) is 0 Å². The fourth-order valence-electron chi connectivity index (χ4n) is 2.13. The van der Waals surface area contributed by atoms with Crippen molar-refractivity contribution in [3.05, 3.63) is 35.9 Å². The lowest BCUT2D eigenvalue weighted by Gasteiger charge is -2.28. The number of hydrogen-bond donors (Lipinski definition) is 0. The van der Waals surface area contributed by atoms with Crippen molar-refractivity contribution in [3.8, 4) is 0 Å². The quantitative estimate of drug-likeness (QED) is 0.768. The average molecular weight is 221 g/mol. The summed E-state index contributed by atoms with van der Waals surface area (Å²) in [6.07, 6.45) is -0.355. The summed E-state index contributed by atoms with van der Waals surface area (Å²) in [4.78, 5) is 13.2. The summed E-state index contributed by atoms with van der Waals surface area (Å²) in [5.41, 5.74) is 1.05. The molecule has 1 fully saturated rings. The summed E-state index contributed by atoms with van der Waals surface area (Å²) < 4.78 is 13.1. The van der Waals surface area contributed by atoms with E-state index < -0.39 is 6.17 Å². The van der Waals surface area contributed by atoms with E-state index in [1.54, 1.807) is 4.90 Å². The topological polar surface area (TPSA) is 20.3 Å². The van der Waals surface area contributed by atoms with Crippen molar-refractivity contribution in [2.45, 2.75) is 38.5 Å². The second-order valence-electron chi connectivity index (χ2n) is 4.33. The summed E-state index contributed by atoms with van der Waals surface area (Å²) >= 11 is 0. The number of amides is 1. The predicted octanol–water partition coefficient (Wildman–Crippen LogP) is 2.71. The minimum absolute atomic E-state index is 0.0514. The zero-order valence-corrected chi connectivity index (χ0v) is 9.56. The van der Waals surface area contributed by atoms with Crippen LogP contribution in [0.4, 0.5) is 4.39 Å². The Kier molecular flexibility index (Phi) is 2.95. The number of nitrogens with zero attached hydrogens (tertiary/aromatic N) is 1. The molecule has 2 nitrogen and oxygen atoms in total. The zero-order valence-electron chi connectivity index (χ0n) is 9.56. The number of halogens is 1. The molecule has 0 aliphatic heterocycles. The minimum Gasteiger partial charge on any atom is -0.330 e. The molecule has 86 valence electrons. The van der Waals surface area contributed by atoms with Crippen LogP contribution in [0.2, 0.25) is 0 Å². The molecule has 1 aromatic rings. The maximum Gasteiger partial charge on any atom is 0.220 e. The van der Waals surface area contributed by atoms with Gasteiger partial charge in [-0.3, -0.25) is 4.79 Å². The summed E-state index contributed by atoms with van der Waals surface area (Å²) in [6, 6.07) is 9.47. The number of rotatable bonds is 3. The third-order valence-electron chi connectivity index (χ3n) is 3.10. The highest BCUT2D eigenvalue weighted by atomic mass is 19.1. The number of carbonyl (C=O) groups is 1. The van der Waals surface area contributed by atoms with Crippen LogP contribution in [0, 0.1) is 0 Å². The Hall–Kier alpha value is -1.38. The van der Waals surface area contributed by atoms with E-state index in [1.165, 1.54) is 6.92 Å². The highest BCUT2D eigenvalue weighted by molar-refractivity contribution is 5.74. The molecule has 1 aliphatic carbocycles. The minimum atomic E-state index is -0.838. The maximum absolute atomic E-state index is 13.1. The molecule has 3 atom stereocenters. The highest BCUT2D eigenvalue weighted by Gasteiger charge is 2.45. The van der Waals surface area contributed by atoms with Crippen LogP contribution in [-0.2, 0) is 4.79 Å². The van der Waals surface area contributed by atoms with Crippen molar-refractivity contribution >= 4 is 5.91 Å². The van der Waals surface area contributed by atoms with Crippen LogP contribution in [0.3, 0.4) is 0 Å². The van der Waals surface area contributed by atoms with Crippen molar-refractivity contribution < 1.29 is 9.18 Å². The first-order valence-corrected chi connectivity index (χ1v) is 5.59. The normalized spacial score (nSPS) is 24.9. The monoisotopic (exact) mass is 221 g/mol. The lowest BCUT2D eigenvalue weighted by molar-refractivity contribution is -0.132. The predicted molar refractivity (Wildman–Crippen MR) is 60.7 cm³/mol. The van der Waals surface area contributed by atoms with Gasteiger partial charge in [-0.05, 0) is 12.5 Å². The van der Waals surface area contributed by atoms with Crippen LogP contribution in [-0.4, -0.2) is 23.0 Å². The molecule has 2 rings (SSSR count). The summed E-state index contributed by atoms with van der Waals surface area (Å²) in [6.45, 7) is 3.45. The van der Waals surface area contributed by atoms with Crippen molar-refractivity contribution in [3.63, 3.8) is 0 Å². The maximum atomic E-state index is 13.1. The molecule has 1 saturated carbocycles. The Morgan fingerprint density at radius 1 is 1.44 bits per heavy atom. The molecule has 16 heavy (non-hydrogen) atoms. The average Bonchev–Trinajstić information content (AvgIpc) is 2.96. The van der Waals surface area contributed by atoms with Crippen molar-refractivity contribution in [2.75, 3.05) is 0 Å². The lowest BCUT2D eigenvalue weighted by atomic mass is 10.1. The standard InChI is InChI=1S/C13H16FNO/c1-9(11-6-4-3-5-7-11)15(10(2)16)13-8-12(13)14/h3-7,9,12-13H,8H2,1-2H3/t9-,12+,13-/m1/s1. The first-order valence-electron chi connectivity index (χ1n) is 5.59. The van der Waals surface area contributed by atoms with E-state index in [4.69, 9.17) is 0 Å². The molecular weight excluding hydrogens is 205 g/mol. The molecule has 0 bridgehead atoms. The second-order valence-corrected chi connectivity index (χ2v) is 4.33. The number of benzene rings is 1. The van der Waals surface area contributed by atoms with Crippen LogP contribution >= 0.6 is 0 Å². The Morgan fingerprint density at radius 3 is 2.44 bits per heavy atom. The summed E-state index contributed by atoms with van der Waals surface area (Å²) in [5, 5.41) is 0. The van der Waals surface area contributed by atoms with Gasteiger partial charge in [-0.2, -0.15) is 0 Å². The fourth-order valence-corrected chi connectivity index (χ4v) is 2.13. The van der Waals surface area contributed by atoms with Gasteiger partial charge in [-0.1, -0.05) is 30.3 Å². The van der Waals surface area contributed by atoms with Gasteiger partial charge in [-0.25, -0.2) is 4.39 Å². The van der Waals surface area contributed by atoms with E-state index in [0.29, 0.717) is 6.42 Å². The van der Waals surface area contributed by atoms with E-state index in [9.17, 15) is 9.18 Å². The first kappa shape index (κ1) is 11.1. The molecule has 1 aromatic carbocycles. The Labute approximate surface area is 95.1 Å². The number of carbonyl (C=O) groups excluding carboxylic acids is 1. The number of hydrogen-bond acceptors (Lipinski definition) is 1. The van der Waals surface area contributed by atoms with Crippen molar-refractivity contribution in [1.82, 2.24) is 4.90 Å². The lowest BCUT2D eigenvalue weighted by Crippen LogP contribution is -2.34. The van der Waals surface area contributed by atoms with E-state index in [2.05, 4.69) is 0 Å². The van der Waals surface area contributed by atoms with Crippen LogP contribution in [0.15, 0.2) is 30.3 Å². The molecular formula is C13H16FNO. The van der Waals surface area contributed by atoms with Gasteiger partial charge in [-0.15, -0.1) is 0 Å². The van der Waals surface area contributed by atoms with Crippen LogP contribution in [0.1, 0.15) is 31.9 Å². The van der Waals surface area contributed by atoms with Crippen molar-refractivity contribution in [2.24, 2.45) is 0 Å². The molecule has 1 aliphatic rings. The van der Waals surface area contributed by atoms with E-state index in [1.807, 2.05) is 37.3 Å². The van der Waals surface area contributed by atoms with Crippen LogP contribution < -0.4 is 0 Å². The molecule has 0 radical (unpaired) electrons. The summed E-state index contributed by atoms with van der Waals surface area (Å²) in [5.74, 6) is -0.0542. The van der Waals surface area contributed by atoms with Crippen LogP contribution in [0.5, 0.6) is 0 Å².